The Morgan fingerprint density at radius 3 is 2.57 bits per heavy atom. The Labute approximate surface area is 87.0 Å². The van der Waals surface area contributed by atoms with Crippen LogP contribution in [0.2, 0.25) is 0 Å². The van der Waals surface area contributed by atoms with Crippen molar-refractivity contribution in [2.75, 3.05) is 11.9 Å². The van der Waals surface area contributed by atoms with Crippen molar-refractivity contribution in [2.45, 2.75) is 40.5 Å². The molecule has 0 fully saturated rings. The van der Waals surface area contributed by atoms with Gasteiger partial charge in [-0.15, -0.1) is 0 Å². The van der Waals surface area contributed by atoms with Gasteiger partial charge in [0.25, 0.3) is 0 Å². The van der Waals surface area contributed by atoms with Gasteiger partial charge in [-0.2, -0.15) is 0 Å². The molecule has 1 aliphatic heterocycles. The molecule has 3 heteroatoms. The summed E-state index contributed by atoms with van der Waals surface area (Å²) < 4.78 is 0. The highest BCUT2D eigenvalue weighted by Crippen LogP contribution is 2.15. The Balaban J connectivity index is 0.000000379. The minimum Gasteiger partial charge on any atom is -0.370 e. The molecule has 0 unspecified atom stereocenters. The van der Waals surface area contributed by atoms with Crippen LogP contribution in [0.15, 0.2) is 12.5 Å². The highest BCUT2D eigenvalue weighted by molar-refractivity contribution is 5.43. The van der Waals surface area contributed by atoms with Crippen molar-refractivity contribution in [3.8, 4) is 0 Å². The fraction of sp³-hybridized carbons (Fsp3) is 0.636. The maximum absolute atomic E-state index is 4.10. The average Bonchev–Trinajstić information content (AvgIpc) is 2.34. The van der Waals surface area contributed by atoms with Crippen LogP contribution in [0.1, 0.15) is 39.7 Å². The SMILES string of the molecule is CC.CC.c1ncc2c(n1)NCCC2. The second kappa shape index (κ2) is 8.48. The maximum atomic E-state index is 4.10. The molecule has 0 saturated carbocycles. The van der Waals surface area contributed by atoms with Crippen LogP contribution >= 0.6 is 0 Å². The van der Waals surface area contributed by atoms with E-state index in [1.165, 1.54) is 12.0 Å². The molecular weight excluding hydrogens is 174 g/mol. The lowest BCUT2D eigenvalue weighted by molar-refractivity contribution is 0.808. The van der Waals surface area contributed by atoms with Crippen molar-refractivity contribution in [3.05, 3.63) is 18.1 Å². The number of hydrogen-bond donors (Lipinski definition) is 1. The van der Waals surface area contributed by atoms with Gasteiger partial charge in [0, 0.05) is 18.3 Å². The zero-order valence-corrected chi connectivity index (χ0v) is 9.67. The van der Waals surface area contributed by atoms with Crippen LogP contribution < -0.4 is 5.32 Å². The quantitative estimate of drug-likeness (QED) is 0.691. The monoisotopic (exact) mass is 195 g/mol. The van der Waals surface area contributed by atoms with Crippen LogP contribution in [0.4, 0.5) is 5.82 Å². The smallest absolute Gasteiger partial charge is 0.132 e. The van der Waals surface area contributed by atoms with Gasteiger partial charge in [0.15, 0.2) is 0 Å². The van der Waals surface area contributed by atoms with E-state index in [-0.39, 0.29) is 0 Å². The number of aryl methyl sites for hydroxylation is 1. The van der Waals surface area contributed by atoms with E-state index in [9.17, 15) is 0 Å². The number of anilines is 1. The molecule has 0 aliphatic carbocycles. The second-order valence-corrected chi connectivity index (χ2v) is 2.43. The first-order chi connectivity index (χ1) is 6.97. The van der Waals surface area contributed by atoms with E-state index >= 15 is 0 Å². The van der Waals surface area contributed by atoms with Crippen molar-refractivity contribution < 1.29 is 0 Å². The highest BCUT2D eigenvalue weighted by atomic mass is 15.0. The fourth-order valence-corrected chi connectivity index (χ4v) is 1.19. The Hall–Kier alpha value is -1.12. The molecule has 0 radical (unpaired) electrons. The van der Waals surface area contributed by atoms with E-state index in [1.807, 2.05) is 33.9 Å². The molecule has 1 N–H and O–H groups in total. The number of fused-ring (bicyclic) bond motifs is 1. The van der Waals surface area contributed by atoms with E-state index in [1.54, 1.807) is 6.33 Å². The molecule has 2 rings (SSSR count). The predicted molar refractivity (Wildman–Crippen MR) is 61.5 cm³/mol. The number of rotatable bonds is 0. The third-order valence-corrected chi connectivity index (χ3v) is 1.70. The summed E-state index contributed by atoms with van der Waals surface area (Å²) in [6.45, 7) is 9.05. The Morgan fingerprint density at radius 2 is 1.93 bits per heavy atom. The molecular formula is C11H21N3. The summed E-state index contributed by atoms with van der Waals surface area (Å²) in [5, 5.41) is 3.21. The highest BCUT2D eigenvalue weighted by Gasteiger charge is 2.07. The van der Waals surface area contributed by atoms with E-state index in [4.69, 9.17) is 0 Å². The van der Waals surface area contributed by atoms with Crippen LogP contribution in [0.25, 0.3) is 0 Å². The van der Waals surface area contributed by atoms with Crippen molar-refractivity contribution in [1.82, 2.24) is 9.97 Å². The number of nitrogens with one attached hydrogen (secondary N) is 1. The molecule has 1 aliphatic rings. The summed E-state index contributed by atoms with van der Waals surface area (Å²) in [6.07, 6.45) is 5.77. The van der Waals surface area contributed by atoms with Crippen molar-refractivity contribution in [2.24, 2.45) is 0 Å². The molecule has 0 bridgehead atoms. The minimum atomic E-state index is 1.02. The standard InChI is InChI=1S/C7H9N3.2C2H6/c1-2-6-4-8-5-10-7(6)9-3-1;2*1-2/h4-5H,1-3H2,(H,8,9,10);2*1-2H3. The average molecular weight is 195 g/mol. The Morgan fingerprint density at radius 1 is 1.21 bits per heavy atom. The molecule has 1 aromatic rings. The Kier molecular flexibility index (Phi) is 7.80. The van der Waals surface area contributed by atoms with Crippen molar-refractivity contribution in [1.29, 1.82) is 0 Å². The van der Waals surface area contributed by atoms with Gasteiger partial charge in [-0.05, 0) is 12.8 Å². The van der Waals surface area contributed by atoms with Crippen LogP contribution in [-0.2, 0) is 6.42 Å². The zero-order valence-electron chi connectivity index (χ0n) is 9.67. The third kappa shape index (κ3) is 3.73. The summed E-state index contributed by atoms with van der Waals surface area (Å²) in [6, 6.07) is 0. The molecule has 14 heavy (non-hydrogen) atoms. The summed E-state index contributed by atoms with van der Waals surface area (Å²) in [5.41, 5.74) is 1.24. The molecule has 3 nitrogen and oxygen atoms in total. The molecule has 80 valence electrons. The molecule has 2 heterocycles. The van der Waals surface area contributed by atoms with Gasteiger partial charge in [0.1, 0.15) is 12.1 Å². The molecule has 0 amide bonds. The lowest BCUT2D eigenvalue weighted by Crippen LogP contribution is -2.13. The molecule has 0 saturated heterocycles. The molecule has 0 atom stereocenters. The lowest BCUT2D eigenvalue weighted by Gasteiger charge is -2.14. The summed E-state index contributed by atoms with van der Waals surface area (Å²) in [7, 11) is 0. The van der Waals surface area contributed by atoms with Crippen LogP contribution in [0, 0.1) is 0 Å². The van der Waals surface area contributed by atoms with Gasteiger partial charge in [-0.1, -0.05) is 27.7 Å². The first kappa shape index (κ1) is 12.9. The topological polar surface area (TPSA) is 37.8 Å². The maximum Gasteiger partial charge on any atom is 0.132 e. The third-order valence-electron chi connectivity index (χ3n) is 1.70. The van der Waals surface area contributed by atoms with E-state index in [2.05, 4.69) is 15.3 Å². The van der Waals surface area contributed by atoms with Gasteiger partial charge < -0.3 is 5.32 Å². The van der Waals surface area contributed by atoms with Gasteiger partial charge in [-0.3, -0.25) is 0 Å². The van der Waals surface area contributed by atoms with E-state index in [0.717, 1.165) is 18.8 Å². The second-order valence-electron chi connectivity index (χ2n) is 2.43. The Bertz CT molecular complexity index is 211. The zero-order chi connectivity index (χ0) is 10.8. The normalized spacial score (nSPS) is 12.0. The summed E-state index contributed by atoms with van der Waals surface area (Å²) in [4.78, 5) is 8.04. The predicted octanol–water partition coefficient (Wildman–Crippen LogP) is 2.89. The number of aromatic nitrogens is 2. The summed E-state index contributed by atoms with van der Waals surface area (Å²) in [5.74, 6) is 1.02. The van der Waals surface area contributed by atoms with E-state index in [0.29, 0.717) is 0 Å². The van der Waals surface area contributed by atoms with Crippen LogP contribution in [0.3, 0.4) is 0 Å². The van der Waals surface area contributed by atoms with Gasteiger partial charge in [-0.25, -0.2) is 9.97 Å². The molecule has 1 aromatic heterocycles. The van der Waals surface area contributed by atoms with Gasteiger partial charge in [0.05, 0.1) is 0 Å². The first-order valence-electron chi connectivity index (χ1n) is 5.49. The van der Waals surface area contributed by atoms with E-state index < -0.39 is 0 Å². The van der Waals surface area contributed by atoms with Crippen molar-refractivity contribution >= 4 is 5.82 Å². The van der Waals surface area contributed by atoms with Crippen LogP contribution in [-0.4, -0.2) is 16.5 Å². The lowest BCUT2D eigenvalue weighted by atomic mass is 10.1. The molecule has 0 aromatic carbocycles. The van der Waals surface area contributed by atoms with Gasteiger partial charge in [0.2, 0.25) is 0 Å². The molecule has 0 spiro atoms. The minimum absolute atomic E-state index is 1.02. The fourth-order valence-electron chi connectivity index (χ4n) is 1.19. The largest absolute Gasteiger partial charge is 0.370 e. The number of hydrogen-bond acceptors (Lipinski definition) is 3. The summed E-state index contributed by atoms with van der Waals surface area (Å²) >= 11 is 0. The van der Waals surface area contributed by atoms with Gasteiger partial charge >= 0.3 is 0 Å². The first-order valence-corrected chi connectivity index (χ1v) is 5.49. The van der Waals surface area contributed by atoms with Crippen LogP contribution in [0.5, 0.6) is 0 Å². The number of nitrogens with zero attached hydrogens (tertiary/aromatic N) is 2. The van der Waals surface area contributed by atoms with Crippen molar-refractivity contribution in [3.63, 3.8) is 0 Å².